The molecule has 0 amide bonds. The Bertz CT molecular complexity index is 457. The molecule has 0 bridgehead atoms. The molecule has 0 saturated heterocycles. The number of rotatable bonds is 8. The van der Waals surface area contributed by atoms with E-state index < -0.39 is 0 Å². The van der Waals surface area contributed by atoms with Crippen LogP contribution in [-0.4, -0.2) is 37.7 Å². The molecule has 5 nitrogen and oxygen atoms in total. The van der Waals surface area contributed by atoms with Crippen LogP contribution >= 0.6 is 0 Å². The first kappa shape index (κ1) is 17.1. The molecular weight excluding hydrogens is 266 g/mol. The van der Waals surface area contributed by atoms with Crippen LogP contribution in [0.2, 0.25) is 0 Å². The summed E-state index contributed by atoms with van der Waals surface area (Å²) in [7, 11) is 1.64. The fourth-order valence-corrected chi connectivity index (χ4v) is 1.96. The van der Waals surface area contributed by atoms with Crippen molar-refractivity contribution in [3.8, 4) is 11.5 Å². The van der Waals surface area contributed by atoms with Crippen LogP contribution in [-0.2, 0) is 6.54 Å². The SMILES string of the molecule is CCCOc1ccc(CN=C(N)N(CC)CC)cc1OC. The van der Waals surface area contributed by atoms with Gasteiger partial charge < -0.3 is 20.1 Å². The van der Waals surface area contributed by atoms with Gasteiger partial charge in [-0.05, 0) is 38.0 Å². The number of benzene rings is 1. The summed E-state index contributed by atoms with van der Waals surface area (Å²) in [5.41, 5.74) is 7.02. The van der Waals surface area contributed by atoms with E-state index in [1.165, 1.54) is 0 Å². The average molecular weight is 293 g/mol. The first-order valence-electron chi connectivity index (χ1n) is 7.50. The highest BCUT2D eigenvalue weighted by atomic mass is 16.5. The summed E-state index contributed by atoms with van der Waals surface area (Å²) in [5, 5.41) is 0. The molecule has 0 radical (unpaired) electrons. The summed E-state index contributed by atoms with van der Waals surface area (Å²) < 4.78 is 11.0. The summed E-state index contributed by atoms with van der Waals surface area (Å²) in [6.45, 7) is 9.14. The lowest BCUT2D eigenvalue weighted by Gasteiger charge is -2.19. The van der Waals surface area contributed by atoms with Gasteiger partial charge >= 0.3 is 0 Å². The highest BCUT2D eigenvalue weighted by molar-refractivity contribution is 5.78. The Morgan fingerprint density at radius 1 is 1.19 bits per heavy atom. The van der Waals surface area contributed by atoms with Crippen molar-refractivity contribution in [3.05, 3.63) is 23.8 Å². The predicted octanol–water partition coefficient (Wildman–Crippen LogP) is 2.64. The number of hydrogen-bond donors (Lipinski definition) is 1. The van der Waals surface area contributed by atoms with Crippen molar-refractivity contribution < 1.29 is 9.47 Å². The largest absolute Gasteiger partial charge is 0.493 e. The number of aliphatic imine (C=N–C) groups is 1. The molecule has 2 N–H and O–H groups in total. The summed E-state index contributed by atoms with van der Waals surface area (Å²) >= 11 is 0. The molecule has 0 aliphatic rings. The van der Waals surface area contributed by atoms with Gasteiger partial charge in [0.2, 0.25) is 0 Å². The summed E-state index contributed by atoms with van der Waals surface area (Å²) in [5.74, 6) is 2.08. The van der Waals surface area contributed by atoms with E-state index in [1.807, 2.05) is 23.1 Å². The minimum atomic E-state index is 0.534. The minimum absolute atomic E-state index is 0.534. The van der Waals surface area contributed by atoms with E-state index in [4.69, 9.17) is 15.2 Å². The molecule has 1 aromatic carbocycles. The van der Waals surface area contributed by atoms with Gasteiger partial charge in [-0.1, -0.05) is 13.0 Å². The Labute approximate surface area is 127 Å². The van der Waals surface area contributed by atoms with Crippen LogP contribution in [0, 0.1) is 0 Å². The Kier molecular flexibility index (Phi) is 7.43. The lowest BCUT2D eigenvalue weighted by atomic mass is 10.2. The van der Waals surface area contributed by atoms with Crippen molar-refractivity contribution in [2.45, 2.75) is 33.7 Å². The lowest BCUT2D eigenvalue weighted by molar-refractivity contribution is 0.294. The summed E-state index contributed by atoms with van der Waals surface area (Å²) in [6.07, 6.45) is 0.968. The second kappa shape index (κ2) is 9.10. The Morgan fingerprint density at radius 2 is 1.90 bits per heavy atom. The molecular formula is C16H27N3O2. The topological polar surface area (TPSA) is 60.1 Å². The number of methoxy groups -OCH3 is 1. The van der Waals surface area contributed by atoms with Crippen molar-refractivity contribution in [3.63, 3.8) is 0 Å². The van der Waals surface area contributed by atoms with Gasteiger partial charge in [0.1, 0.15) is 0 Å². The minimum Gasteiger partial charge on any atom is -0.493 e. The fraction of sp³-hybridized carbons (Fsp3) is 0.562. The molecule has 0 aromatic heterocycles. The molecule has 118 valence electrons. The average Bonchev–Trinajstić information content (AvgIpc) is 2.52. The van der Waals surface area contributed by atoms with Crippen LogP contribution in [0.3, 0.4) is 0 Å². The Balaban J connectivity index is 2.78. The maximum Gasteiger partial charge on any atom is 0.191 e. The van der Waals surface area contributed by atoms with Crippen LogP contribution in [0.15, 0.2) is 23.2 Å². The van der Waals surface area contributed by atoms with E-state index in [-0.39, 0.29) is 0 Å². The number of nitrogens with zero attached hydrogens (tertiary/aromatic N) is 2. The number of ether oxygens (including phenoxy) is 2. The van der Waals surface area contributed by atoms with Crippen LogP contribution in [0.1, 0.15) is 32.8 Å². The van der Waals surface area contributed by atoms with E-state index in [2.05, 4.69) is 25.8 Å². The third kappa shape index (κ3) is 5.17. The van der Waals surface area contributed by atoms with Gasteiger partial charge in [-0.15, -0.1) is 0 Å². The van der Waals surface area contributed by atoms with Crippen molar-refractivity contribution in [2.75, 3.05) is 26.8 Å². The number of guanidine groups is 1. The molecule has 0 fully saturated rings. The van der Waals surface area contributed by atoms with Gasteiger partial charge in [0.25, 0.3) is 0 Å². The molecule has 0 unspecified atom stereocenters. The van der Waals surface area contributed by atoms with E-state index >= 15 is 0 Å². The molecule has 0 heterocycles. The molecule has 0 aliphatic carbocycles. The molecule has 1 rings (SSSR count). The first-order chi connectivity index (χ1) is 10.2. The molecule has 0 aliphatic heterocycles. The first-order valence-corrected chi connectivity index (χ1v) is 7.50. The molecule has 1 aromatic rings. The van der Waals surface area contributed by atoms with Gasteiger partial charge in [0, 0.05) is 13.1 Å². The molecule has 5 heteroatoms. The zero-order valence-corrected chi connectivity index (χ0v) is 13.6. The summed E-state index contributed by atoms with van der Waals surface area (Å²) in [4.78, 5) is 6.45. The monoisotopic (exact) mass is 293 g/mol. The molecule has 0 spiro atoms. The van der Waals surface area contributed by atoms with Gasteiger partial charge in [-0.2, -0.15) is 0 Å². The third-order valence-electron chi connectivity index (χ3n) is 3.20. The van der Waals surface area contributed by atoms with Crippen LogP contribution in [0.4, 0.5) is 0 Å². The van der Waals surface area contributed by atoms with E-state index in [1.54, 1.807) is 7.11 Å². The van der Waals surface area contributed by atoms with Gasteiger partial charge in [-0.25, -0.2) is 4.99 Å². The smallest absolute Gasteiger partial charge is 0.191 e. The predicted molar refractivity (Wildman–Crippen MR) is 87.0 cm³/mol. The zero-order chi connectivity index (χ0) is 15.7. The second-order valence-electron chi connectivity index (χ2n) is 4.68. The quantitative estimate of drug-likeness (QED) is 0.591. The number of nitrogens with two attached hydrogens (primary N) is 1. The second-order valence-corrected chi connectivity index (χ2v) is 4.68. The molecule has 21 heavy (non-hydrogen) atoms. The maximum atomic E-state index is 5.97. The summed E-state index contributed by atoms with van der Waals surface area (Å²) in [6, 6.07) is 5.86. The van der Waals surface area contributed by atoms with Crippen molar-refractivity contribution in [2.24, 2.45) is 10.7 Å². The molecule has 0 saturated carbocycles. The Hall–Kier alpha value is -1.91. The van der Waals surface area contributed by atoms with Gasteiger partial charge in [0.15, 0.2) is 17.5 Å². The van der Waals surface area contributed by atoms with Gasteiger partial charge in [-0.3, -0.25) is 0 Å². The molecule has 0 atom stereocenters. The maximum absolute atomic E-state index is 5.97. The van der Waals surface area contributed by atoms with E-state index in [9.17, 15) is 0 Å². The van der Waals surface area contributed by atoms with Crippen molar-refractivity contribution >= 4 is 5.96 Å². The Morgan fingerprint density at radius 3 is 2.48 bits per heavy atom. The highest BCUT2D eigenvalue weighted by Gasteiger charge is 2.06. The van der Waals surface area contributed by atoms with E-state index in [0.29, 0.717) is 19.1 Å². The van der Waals surface area contributed by atoms with Crippen molar-refractivity contribution in [1.29, 1.82) is 0 Å². The van der Waals surface area contributed by atoms with E-state index in [0.717, 1.165) is 36.6 Å². The van der Waals surface area contributed by atoms with Crippen LogP contribution in [0.5, 0.6) is 11.5 Å². The number of hydrogen-bond acceptors (Lipinski definition) is 3. The third-order valence-corrected chi connectivity index (χ3v) is 3.20. The van der Waals surface area contributed by atoms with Gasteiger partial charge in [0.05, 0.1) is 20.3 Å². The standard InChI is InChI=1S/C16H27N3O2/c1-5-10-21-14-9-8-13(11-15(14)20-4)12-18-16(17)19(6-2)7-3/h8-9,11H,5-7,10,12H2,1-4H3,(H2,17,18). The zero-order valence-electron chi connectivity index (χ0n) is 13.6. The van der Waals surface area contributed by atoms with Crippen LogP contribution < -0.4 is 15.2 Å². The fourth-order valence-electron chi connectivity index (χ4n) is 1.96. The highest BCUT2D eigenvalue weighted by Crippen LogP contribution is 2.28. The normalized spacial score (nSPS) is 11.3. The van der Waals surface area contributed by atoms with Crippen LogP contribution in [0.25, 0.3) is 0 Å². The lowest BCUT2D eigenvalue weighted by Crippen LogP contribution is -2.37. The van der Waals surface area contributed by atoms with Crippen molar-refractivity contribution in [1.82, 2.24) is 4.90 Å².